The maximum absolute atomic E-state index is 5.31. The zero-order valence-corrected chi connectivity index (χ0v) is 9.19. The Balaban J connectivity index is 3.37. The van der Waals surface area contributed by atoms with Gasteiger partial charge in [0.15, 0.2) is 0 Å². The van der Waals surface area contributed by atoms with E-state index in [1.54, 1.807) is 7.11 Å². The number of hydrogen-bond donors (Lipinski definition) is 0. The highest BCUT2D eigenvalue weighted by molar-refractivity contribution is 5.47. The Labute approximate surface area is 80.7 Å². The van der Waals surface area contributed by atoms with E-state index in [1.807, 2.05) is 0 Å². The van der Waals surface area contributed by atoms with Crippen molar-refractivity contribution in [3.05, 3.63) is 28.3 Å². The molecule has 1 heteroatoms. The standard InChI is InChI=1S/C12H18O/c1-6-11-8(2)7-12(13-5)10(4)9(11)3/h7H,6H2,1-5H3. The lowest BCUT2D eigenvalue weighted by atomic mass is 9.96. The van der Waals surface area contributed by atoms with Crippen LogP contribution in [-0.2, 0) is 6.42 Å². The van der Waals surface area contributed by atoms with Crippen LogP contribution in [0.2, 0.25) is 0 Å². The van der Waals surface area contributed by atoms with E-state index >= 15 is 0 Å². The van der Waals surface area contributed by atoms with Crippen molar-refractivity contribution in [3.8, 4) is 5.75 Å². The predicted molar refractivity (Wildman–Crippen MR) is 56.6 cm³/mol. The summed E-state index contributed by atoms with van der Waals surface area (Å²) in [5, 5.41) is 0. The minimum atomic E-state index is 1.01. The molecule has 0 unspecified atom stereocenters. The van der Waals surface area contributed by atoms with E-state index in [4.69, 9.17) is 4.74 Å². The minimum absolute atomic E-state index is 1.01. The molecule has 0 fully saturated rings. The molecule has 0 saturated carbocycles. The van der Waals surface area contributed by atoms with Crippen LogP contribution in [0, 0.1) is 20.8 Å². The van der Waals surface area contributed by atoms with Crippen LogP contribution < -0.4 is 4.74 Å². The molecule has 0 aromatic heterocycles. The Kier molecular flexibility index (Phi) is 2.97. The highest BCUT2D eigenvalue weighted by Crippen LogP contribution is 2.27. The first-order valence-electron chi connectivity index (χ1n) is 4.75. The van der Waals surface area contributed by atoms with Gasteiger partial charge in [0.05, 0.1) is 7.11 Å². The van der Waals surface area contributed by atoms with Crippen molar-refractivity contribution in [2.24, 2.45) is 0 Å². The smallest absolute Gasteiger partial charge is 0.122 e. The van der Waals surface area contributed by atoms with Crippen LogP contribution in [-0.4, -0.2) is 7.11 Å². The predicted octanol–water partition coefficient (Wildman–Crippen LogP) is 3.18. The summed E-state index contributed by atoms with van der Waals surface area (Å²) in [6.07, 6.45) is 1.10. The molecule has 0 aliphatic rings. The SMILES string of the molecule is CCc1c(C)cc(OC)c(C)c1C. The van der Waals surface area contributed by atoms with Crippen LogP contribution in [0.5, 0.6) is 5.75 Å². The zero-order valence-electron chi connectivity index (χ0n) is 9.19. The van der Waals surface area contributed by atoms with Gasteiger partial charge in [-0.1, -0.05) is 6.92 Å². The summed E-state index contributed by atoms with van der Waals surface area (Å²) in [5.41, 5.74) is 5.44. The molecule has 72 valence electrons. The molecular formula is C12H18O. The first-order valence-corrected chi connectivity index (χ1v) is 4.75. The third-order valence-electron chi connectivity index (χ3n) is 2.78. The number of rotatable bonds is 2. The quantitative estimate of drug-likeness (QED) is 0.675. The van der Waals surface area contributed by atoms with Crippen LogP contribution in [0.3, 0.4) is 0 Å². The van der Waals surface area contributed by atoms with Crippen molar-refractivity contribution >= 4 is 0 Å². The number of benzene rings is 1. The zero-order chi connectivity index (χ0) is 10.0. The molecule has 0 aliphatic heterocycles. The van der Waals surface area contributed by atoms with E-state index in [2.05, 4.69) is 33.8 Å². The van der Waals surface area contributed by atoms with Gasteiger partial charge in [-0.3, -0.25) is 0 Å². The maximum Gasteiger partial charge on any atom is 0.122 e. The summed E-state index contributed by atoms with van der Waals surface area (Å²) in [6.45, 7) is 8.63. The Bertz CT molecular complexity index is 313. The van der Waals surface area contributed by atoms with Crippen molar-refractivity contribution in [2.45, 2.75) is 34.1 Å². The number of aryl methyl sites for hydroxylation is 1. The second kappa shape index (κ2) is 3.82. The molecule has 1 nitrogen and oxygen atoms in total. The van der Waals surface area contributed by atoms with E-state index < -0.39 is 0 Å². The monoisotopic (exact) mass is 178 g/mol. The third kappa shape index (κ3) is 1.69. The van der Waals surface area contributed by atoms with Crippen molar-refractivity contribution in [1.82, 2.24) is 0 Å². The van der Waals surface area contributed by atoms with Crippen molar-refractivity contribution in [3.63, 3.8) is 0 Å². The summed E-state index contributed by atoms with van der Waals surface area (Å²) in [4.78, 5) is 0. The van der Waals surface area contributed by atoms with Gasteiger partial charge < -0.3 is 4.74 Å². The Morgan fingerprint density at radius 2 is 1.77 bits per heavy atom. The highest BCUT2D eigenvalue weighted by Gasteiger charge is 2.08. The highest BCUT2D eigenvalue weighted by atomic mass is 16.5. The van der Waals surface area contributed by atoms with Gasteiger partial charge in [0, 0.05) is 0 Å². The first-order chi connectivity index (χ1) is 6.11. The summed E-state index contributed by atoms with van der Waals surface area (Å²) in [5.74, 6) is 1.01. The van der Waals surface area contributed by atoms with Crippen LogP contribution >= 0.6 is 0 Å². The minimum Gasteiger partial charge on any atom is -0.496 e. The van der Waals surface area contributed by atoms with Gasteiger partial charge in [0.25, 0.3) is 0 Å². The molecule has 13 heavy (non-hydrogen) atoms. The number of methoxy groups -OCH3 is 1. The molecule has 0 atom stereocenters. The average Bonchev–Trinajstić information content (AvgIpc) is 2.12. The fraction of sp³-hybridized carbons (Fsp3) is 0.500. The Morgan fingerprint density at radius 3 is 2.23 bits per heavy atom. The summed E-state index contributed by atoms with van der Waals surface area (Å²) in [7, 11) is 1.73. The second-order valence-electron chi connectivity index (χ2n) is 3.48. The van der Waals surface area contributed by atoms with E-state index in [9.17, 15) is 0 Å². The molecule has 0 radical (unpaired) electrons. The molecule has 1 rings (SSSR count). The van der Waals surface area contributed by atoms with Crippen molar-refractivity contribution in [2.75, 3.05) is 7.11 Å². The van der Waals surface area contributed by atoms with E-state index in [1.165, 1.54) is 22.3 Å². The summed E-state index contributed by atoms with van der Waals surface area (Å²) < 4.78 is 5.31. The molecule has 1 aromatic carbocycles. The molecular weight excluding hydrogens is 160 g/mol. The molecule has 0 heterocycles. The largest absolute Gasteiger partial charge is 0.496 e. The molecule has 0 N–H and O–H groups in total. The van der Waals surface area contributed by atoms with Crippen LogP contribution in [0.4, 0.5) is 0 Å². The average molecular weight is 178 g/mol. The first kappa shape index (κ1) is 10.1. The van der Waals surface area contributed by atoms with Gasteiger partial charge in [-0.15, -0.1) is 0 Å². The van der Waals surface area contributed by atoms with Gasteiger partial charge in [-0.05, 0) is 55.5 Å². The molecule has 0 amide bonds. The van der Waals surface area contributed by atoms with Crippen molar-refractivity contribution < 1.29 is 4.74 Å². The van der Waals surface area contributed by atoms with Crippen LogP contribution in [0.25, 0.3) is 0 Å². The van der Waals surface area contributed by atoms with E-state index in [0.717, 1.165) is 12.2 Å². The lowest BCUT2D eigenvalue weighted by Crippen LogP contribution is -1.98. The fourth-order valence-corrected chi connectivity index (χ4v) is 1.85. The molecule has 0 saturated heterocycles. The van der Waals surface area contributed by atoms with Crippen LogP contribution in [0.1, 0.15) is 29.2 Å². The normalized spacial score (nSPS) is 10.2. The maximum atomic E-state index is 5.31. The number of hydrogen-bond acceptors (Lipinski definition) is 1. The Hall–Kier alpha value is -0.980. The van der Waals surface area contributed by atoms with Crippen molar-refractivity contribution in [1.29, 1.82) is 0 Å². The molecule has 1 aromatic rings. The second-order valence-corrected chi connectivity index (χ2v) is 3.48. The van der Waals surface area contributed by atoms with Crippen LogP contribution in [0.15, 0.2) is 6.07 Å². The molecule has 0 bridgehead atoms. The van der Waals surface area contributed by atoms with E-state index in [-0.39, 0.29) is 0 Å². The number of ether oxygens (including phenoxy) is 1. The third-order valence-corrected chi connectivity index (χ3v) is 2.78. The van der Waals surface area contributed by atoms with Gasteiger partial charge >= 0.3 is 0 Å². The van der Waals surface area contributed by atoms with Gasteiger partial charge in [0.1, 0.15) is 5.75 Å². The molecule has 0 aliphatic carbocycles. The van der Waals surface area contributed by atoms with Gasteiger partial charge in [-0.25, -0.2) is 0 Å². The summed E-state index contributed by atoms with van der Waals surface area (Å²) in [6, 6.07) is 2.13. The fourth-order valence-electron chi connectivity index (χ4n) is 1.85. The lowest BCUT2D eigenvalue weighted by Gasteiger charge is -2.14. The molecule has 0 spiro atoms. The van der Waals surface area contributed by atoms with Gasteiger partial charge in [-0.2, -0.15) is 0 Å². The van der Waals surface area contributed by atoms with Gasteiger partial charge in [0.2, 0.25) is 0 Å². The lowest BCUT2D eigenvalue weighted by molar-refractivity contribution is 0.410. The Morgan fingerprint density at radius 1 is 1.15 bits per heavy atom. The van der Waals surface area contributed by atoms with E-state index in [0.29, 0.717) is 0 Å². The summed E-state index contributed by atoms with van der Waals surface area (Å²) >= 11 is 0. The topological polar surface area (TPSA) is 9.23 Å².